The fraction of sp³-hybridized carbons (Fsp3) is 0.250. The first-order valence-corrected chi connectivity index (χ1v) is 12.5. The van der Waals surface area contributed by atoms with E-state index < -0.39 is 29.4 Å². The molecule has 5 rings (SSSR count). The fourth-order valence-corrected chi connectivity index (χ4v) is 5.98. The third-order valence-corrected chi connectivity index (χ3v) is 7.45. The van der Waals surface area contributed by atoms with Crippen LogP contribution in [0.3, 0.4) is 0 Å². The van der Waals surface area contributed by atoms with Crippen molar-refractivity contribution >= 4 is 46.8 Å². The molecule has 6 nitrogen and oxygen atoms in total. The van der Waals surface area contributed by atoms with Gasteiger partial charge in [0.25, 0.3) is 0 Å². The Labute approximate surface area is 219 Å². The average molecular weight is 523 g/mol. The number of piperidine rings is 1. The van der Waals surface area contributed by atoms with E-state index in [9.17, 15) is 14.4 Å². The summed E-state index contributed by atoms with van der Waals surface area (Å²) in [6.07, 6.45) is -0.750. The van der Waals surface area contributed by atoms with E-state index in [1.807, 2.05) is 37.3 Å². The number of fused-ring (bicyclic) bond motifs is 2. The van der Waals surface area contributed by atoms with Gasteiger partial charge >= 0.3 is 6.09 Å². The van der Waals surface area contributed by atoms with Crippen molar-refractivity contribution in [2.24, 2.45) is 0 Å². The third-order valence-electron chi connectivity index (χ3n) is 6.98. The number of anilines is 1. The molecule has 1 fully saturated rings. The van der Waals surface area contributed by atoms with Crippen LogP contribution in [0.2, 0.25) is 10.0 Å². The highest BCUT2D eigenvalue weighted by Crippen LogP contribution is 2.59. The predicted molar refractivity (Wildman–Crippen MR) is 139 cm³/mol. The molecule has 3 unspecified atom stereocenters. The van der Waals surface area contributed by atoms with E-state index in [0.29, 0.717) is 21.3 Å². The molecule has 1 spiro atoms. The van der Waals surface area contributed by atoms with Crippen molar-refractivity contribution in [2.45, 2.75) is 37.6 Å². The molecule has 3 amide bonds. The molecule has 8 heteroatoms. The summed E-state index contributed by atoms with van der Waals surface area (Å²) in [7, 11) is 0. The number of nitrogens with zero attached hydrogens (tertiary/aromatic N) is 1. The molecule has 2 heterocycles. The molecule has 36 heavy (non-hydrogen) atoms. The van der Waals surface area contributed by atoms with Crippen LogP contribution in [0.1, 0.15) is 47.6 Å². The number of hydrogen-bond acceptors (Lipinski definition) is 4. The number of amides is 3. The van der Waals surface area contributed by atoms with Gasteiger partial charge in [-0.3, -0.25) is 9.59 Å². The maximum Gasteiger partial charge on any atom is 0.421 e. The maximum atomic E-state index is 14.6. The summed E-state index contributed by atoms with van der Waals surface area (Å²) in [4.78, 5) is 42.0. The van der Waals surface area contributed by atoms with Gasteiger partial charge in [-0.25, -0.2) is 9.69 Å². The van der Waals surface area contributed by atoms with E-state index in [-0.39, 0.29) is 18.9 Å². The van der Waals surface area contributed by atoms with Crippen molar-refractivity contribution in [2.75, 3.05) is 11.5 Å². The van der Waals surface area contributed by atoms with Crippen molar-refractivity contribution in [3.8, 4) is 0 Å². The average Bonchev–Trinajstić information content (AvgIpc) is 3.08. The van der Waals surface area contributed by atoms with Crippen LogP contribution in [-0.4, -0.2) is 24.5 Å². The van der Waals surface area contributed by atoms with Crippen LogP contribution in [-0.2, 0) is 19.7 Å². The lowest BCUT2D eigenvalue weighted by Crippen LogP contribution is -2.58. The van der Waals surface area contributed by atoms with Crippen molar-refractivity contribution in [1.82, 2.24) is 5.32 Å². The smallest absolute Gasteiger partial charge is 0.421 e. The highest BCUT2D eigenvalue weighted by molar-refractivity contribution is 6.32. The summed E-state index contributed by atoms with van der Waals surface area (Å²) in [6, 6.07) is 19.2. The van der Waals surface area contributed by atoms with Gasteiger partial charge in [0.05, 0.1) is 18.3 Å². The zero-order chi connectivity index (χ0) is 25.6. The normalized spacial score (nSPS) is 22.9. The zero-order valence-corrected chi connectivity index (χ0v) is 21.3. The first kappa shape index (κ1) is 24.3. The number of hydrogen-bond donors (Lipinski definition) is 1. The minimum Gasteiger partial charge on any atom is -0.449 e. The fourth-order valence-electron chi connectivity index (χ4n) is 5.62. The Bertz CT molecular complexity index is 1330. The molecule has 0 aromatic heterocycles. The minimum absolute atomic E-state index is 0.0349. The molecule has 2 aliphatic rings. The number of aryl methyl sites for hydroxylation is 1. The van der Waals surface area contributed by atoms with E-state index in [0.717, 1.165) is 21.6 Å². The van der Waals surface area contributed by atoms with Gasteiger partial charge in [0.1, 0.15) is 5.41 Å². The Balaban J connectivity index is 1.84. The van der Waals surface area contributed by atoms with Crippen LogP contribution >= 0.6 is 23.2 Å². The van der Waals surface area contributed by atoms with Crippen LogP contribution < -0.4 is 10.2 Å². The second-order valence-corrected chi connectivity index (χ2v) is 9.97. The van der Waals surface area contributed by atoms with E-state index in [2.05, 4.69) is 5.32 Å². The van der Waals surface area contributed by atoms with Crippen LogP contribution in [0.4, 0.5) is 10.5 Å². The summed E-state index contributed by atoms with van der Waals surface area (Å²) >= 11 is 12.7. The van der Waals surface area contributed by atoms with Gasteiger partial charge < -0.3 is 10.1 Å². The van der Waals surface area contributed by atoms with Crippen molar-refractivity contribution in [1.29, 1.82) is 0 Å². The molecule has 3 aromatic rings. The van der Waals surface area contributed by atoms with Gasteiger partial charge in [-0.05, 0) is 54.8 Å². The largest absolute Gasteiger partial charge is 0.449 e. The zero-order valence-electron chi connectivity index (χ0n) is 19.8. The minimum atomic E-state index is -1.35. The van der Waals surface area contributed by atoms with E-state index >= 15 is 0 Å². The Hall–Kier alpha value is -3.35. The summed E-state index contributed by atoms with van der Waals surface area (Å²) in [5, 5.41) is 3.94. The highest BCUT2D eigenvalue weighted by atomic mass is 35.5. The first-order valence-electron chi connectivity index (χ1n) is 11.7. The molecular weight excluding hydrogens is 499 g/mol. The number of halogens is 2. The lowest BCUT2D eigenvalue weighted by atomic mass is 9.59. The lowest BCUT2D eigenvalue weighted by molar-refractivity contribution is -0.132. The van der Waals surface area contributed by atoms with E-state index in [1.165, 1.54) is 0 Å². The number of benzene rings is 3. The van der Waals surface area contributed by atoms with Gasteiger partial charge in [-0.15, -0.1) is 0 Å². The Morgan fingerprint density at radius 1 is 1.03 bits per heavy atom. The van der Waals surface area contributed by atoms with Crippen molar-refractivity contribution in [3.63, 3.8) is 0 Å². The van der Waals surface area contributed by atoms with Crippen molar-refractivity contribution < 1.29 is 19.1 Å². The van der Waals surface area contributed by atoms with Gasteiger partial charge in [0, 0.05) is 22.4 Å². The standard InChI is InChI=1S/C28H24Cl2N2O4/c1-3-36-27(35)32-23-14-20(30)10-11-21(23)28(26(32)34)22(17-7-5-9-19(29)13-17)15-24(33)31-25(28)18-8-4-6-16(2)12-18/h4-14,22,25H,3,15H2,1-2H3,(H,31,33). The van der Waals surface area contributed by atoms with Gasteiger partial charge in [-0.2, -0.15) is 0 Å². The summed E-state index contributed by atoms with van der Waals surface area (Å²) in [6.45, 7) is 3.73. The summed E-state index contributed by atoms with van der Waals surface area (Å²) in [5.74, 6) is -1.29. The molecular formula is C28H24Cl2N2O4. The number of ether oxygens (including phenoxy) is 1. The first-order chi connectivity index (χ1) is 17.3. The second-order valence-electron chi connectivity index (χ2n) is 9.10. The van der Waals surface area contributed by atoms with Crippen LogP contribution in [0.25, 0.3) is 0 Å². The number of carbonyl (C=O) groups excluding carboxylic acids is 3. The predicted octanol–water partition coefficient (Wildman–Crippen LogP) is 6.09. The maximum absolute atomic E-state index is 14.6. The molecule has 1 saturated heterocycles. The second kappa shape index (κ2) is 9.26. The molecule has 1 N–H and O–H groups in total. The molecule has 0 bridgehead atoms. The molecule has 3 atom stereocenters. The monoisotopic (exact) mass is 522 g/mol. The third kappa shape index (κ3) is 3.76. The summed E-state index contributed by atoms with van der Waals surface area (Å²) in [5.41, 5.74) is 2.07. The molecule has 2 aliphatic heterocycles. The number of rotatable bonds is 3. The number of carbonyl (C=O) groups is 3. The number of imide groups is 1. The molecule has 0 radical (unpaired) electrons. The highest BCUT2D eigenvalue weighted by Gasteiger charge is 2.64. The van der Waals surface area contributed by atoms with E-state index in [4.69, 9.17) is 27.9 Å². The van der Waals surface area contributed by atoms with Crippen molar-refractivity contribution in [3.05, 3.63) is 99.0 Å². The quantitative estimate of drug-likeness (QED) is 0.451. The topological polar surface area (TPSA) is 75.7 Å². The van der Waals surface area contributed by atoms with Gasteiger partial charge in [-0.1, -0.05) is 71.2 Å². The van der Waals surface area contributed by atoms with Gasteiger partial charge in [0.2, 0.25) is 11.8 Å². The molecule has 3 aromatic carbocycles. The molecule has 0 aliphatic carbocycles. The SMILES string of the molecule is CCOC(=O)N1C(=O)C2(c3ccc(Cl)cc31)C(c1cccc(Cl)c1)CC(=O)NC2c1cccc(C)c1. The van der Waals surface area contributed by atoms with Crippen LogP contribution in [0.5, 0.6) is 0 Å². The molecule has 184 valence electrons. The Morgan fingerprint density at radius 2 is 1.75 bits per heavy atom. The van der Waals surface area contributed by atoms with Crippen LogP contribution in [0.15, 0.2) is 66.7 Å². The Morgan fingerprint density at radius 3 is 2.47 bits per heavy atom. The Kier molecular flexibility index (Phi) is 6.27. The number of nitrogens with one attached hydrogen (secondary N) is 1. The van der Waals surface area contributed by atoms with Crippen LogP contribution in [0, 0.1) is 6.92 Å². The summed E-state index contributed by atoms with van der Waals surface area (Å²) < 4.78 is 5.28. The molecule has 0 saturated carbocycles. The van der Waals surface area contributed by atoms with Gasteiger partial charge in [0.15, 0.2) is 0 Å². The van der Waals surface area contributed by atoms with E-state index in [1.54, 1.807) is 43.3 Å². The lowest BCUT2D eigenvalue weighted by Gasteiger charge is -2.46.